The van der Waals surface area contributed by atoms with E-state index in [1.807, 2.05) is 25.1 Å². The lowest BCUT2D eigenvalue weighted by molar-refractivity contribution is -0.116. The molecule has 0 saturated carbocycles. The molecule has 128 valence electrons. The van der Waals surface area contributed by atoms with Gasteiger partial charge in [0.1, 0.15) is 18.2 Å². The van der Waals surface area contributed by atoms with Crippen molar-refractivity contribution in [3.05, 3.63) is 61.9 Å². The van der Waals surface area contributed by atoms with Crippen molar-refractivity contribution in [2.24, 2.45) is 0 Å². The van der Waals surface area contributed by atoms with Gasteiger partial charge >= 0.3 is 5.69 Å². The van der Waals surface area contributed by atoms with Crippen LogP contribution in [0.2, 0.25) is 0 Å². The number of hydrogen-bond donors (Lipinski definition) is 1. The normalized spacial score (nSPS) is 12.5. The lowest BCUT2D eigenvalue weighted by Gasteiger charge is -2.11. The Morgan fingerprint density at radius 3 is 2.64 bits per heavy atom. The van der Waals surface area contributed by atoms with Crippen LogP contribution in [-0.2, 0) is 30.7 Å². The van der Waals surface area contributed by atoms with Gasteiger partial charge in [0.25, 0.3) is 5.56 Å². The van der Waals surface area contributed by atoms with Gasteiger partial charge in [0.2, 0.25) is 5.91 Å². The first-order chi connectivity index (χ1) is 12.0. The molecule has 1 N–H and O–H groups in total. The van der Waals surface area contributed by atoms with E-state index in [1.54, 1.807) is 12.1 Å². The fraction of sp³-hybridized carbons (Fsp3) is 0.333. The van der Waals surface area contributed by atoms with E-state index in [1.165, 1.54) is 4.57 Å². The second-order valence-electron chi connectivity index (χ2n) is 5.96. The van der Waals surface area contributed by atoms with Crippen molar-refractivity contribution in [3.63, 3.8) is 0 Å². The third kappa shape index (κ3) is 3.11. The number of aryl methyl sites for hydroxylation is 1. The van der Waals surface area contributed by atoms with Crippen molar-refractivity contribution >= 4 is 11.6 Å². The minimum atomic E-state index is -0.697. The van der Waals surface area contributed by atoms with Gasteiger partial charge in [0.05, 0.1) is 0 Å². The zero-order valence-electron chi connectivity index (χ0n) is 13.9. The van der Waals surface area contributed by atoms with Gasteiger partial charge in [-0.1, -0.05) is 19.1 Å². The Bertz CT molecular complexity index is 978. The van der Waals surface area contributed by atoms with Gasteiger partial charge in [-0.3, -0.25) is 14.2 Å². The molecule has 25 heavy (non-hydrogen) atoms. The van der Waals surface area contributed by atoms with Gasteiger partial charge in [-0.05, 0) is 37.0 Å². The van der Waals surface area contributed by atoms with E-state index in [4.69, 9.17) is 0 Å². The third-order valence-electron chi connectivity index (χ3n) is 4.39. The molecule has 0 aliphatic carbocycles. The molecule has 0 saturated heterocycles. The number of rotatable bonds is 4. The maximum atomic E-state index is 12.5. The van der Waals surface area contributed by atoms with Crippen LogP contribution < -0.4 is 16.6 Å². The van der Waals surface area contributed by atoms with Crippen molar-refractivity contribution in [2.45, 2.75) is 39.3 Å². The predicted octanol–water partition coefficient (Wildman–Crippen LogP) is 1.03. The maximum absolute atomic E-state index is 12.5. The number of nitriles is 1. The van der Waals surface area contributed by atoms with E-state index in [0.29, 0.717) is 30.8 Å². The summed E-state index contributed by atoms with van der Waals surface area (Å²) in [5, 5.41) is 11.9. The number of carbonyl (C=O) groups excluding carboxylic acids is 1. The minimum absolute atomic E-state index is 0.0443. The van der Waals surface area contributed by atoms with Crippen molar-refractivity contribution in [1.29, 1.82) is 5.26 Å². The molecule has 1 aliphatic heterocycles. The Morgan fingerprint density at radius 1 is 1.28 bits per heavy atom. The highest BCUT2D eigenvalue weighted by molar-refractivity contribution is 5.90. The molecule has 7 nitrogen and oxygen atoms in total. The number of anilines is 1. The van der Waals surface area contributed by atoms with Crippen LogP contribution in [0.3, 0.4) is 0 Å². The molecule has 2 aromatic rings. The number of nitrogens with one attached hydrogen (secondary N) is 1. The average molecular weight is 338 g/mol. The number of amides is 1. The van der Waals surface area contributed by atoms with Gasteiger partial charge in [0, 0.05) is 17.9 Å². The van der Waals surface area contributed by atoms with Crippen LogP contribution >= 0.6 is 0 Å². The van der Waals surface area contributed by atoms with E-state index in [0.717, 1.165) is 16.6 Å². The first-order valence-corrected chi connectivity index (χ1v) is 8.20. The SMILES string of the molecule is CCc1ccc(NC(=O)Cn2c(=O)c(C#N)c3n(c2=O)CCC3)cc1. The monoisotopic (exact) mass is 338 g/mol. The Morgan fingerprint density at radius 2 is 2.00 bits per heavy atom. The summed E-state index contributed by atoms with van der Waals surface area (Å²) >= 11 is 0. The first-order valence-electron chi connectivity index (χ1n) is 8.20. The Labute approximate surface area is 144 Å². The molecule has 1 amide bonds. The topological polar surface area (TPSA) is 96.9 Å². The molecular weight excluding hydrogens is 320 g/mol. The molecule has 2 heterocycles. The fourth-order valence-electron chi connectivity index (χ4n) is 3.06. The Kier molecular flexibility index (Phi) is 4.52. The molecule has 1 aliphatic rings. The summed E-state index contributed by atoms with van der Waals surface area (Å²) in [6.45, 7) is 2.08. The van der Waals surface area contributed by atoms with Crippen LogP contribution in [0, 0.1) is 11.3 Å². The summed E-state index contributed by atoms with van der Waals surface area (Å²) in [6, 6.07) is 9.23. The van der Waals surface area contributed by atoms with E-state index < -0.39 is 23.7 Å². The van der Waals surface area contributed by atoms with Crippen LogP contribution in [0.15, 0.2) is 33.9 Å². The summed E-state index contributed by atoms with van der Waals surface area (Å²) < 4.78 is 2.26. The zero-order chi connectivity index (χ0) is 18.0. The van der Waals surface area contributed by atoms with Crippen molar-refractivity contribution in [2.75, 3.05) is 5.32 Å². The van der Waals surface area contributed by atoms with Gasteiger partial charge in [0.15, 0.2) is 0 Å². The lowest BCUT2D eigenvalue weighted by atomic mass is 10.1. The molecule has 7 heteroatoms. The highest BCUT2D eigenvalue weighted by Crippen LogP contribution is 2.13. The van der Waals surface area contributed by atoms with E-state index >= 15 is 0 Å². The molecule has 0 fully saturated rings. The summed E-state index contributed by atoms with van der Waals surface area (Å²) in [7, 11) is 0. The molecule has 3 rings (SSSR count). The predicted molar refractivity (Wildman–Crippen MR) is 92.4 cm³/mol. The van der Waals surface area contributed by atoms with Crippen molar-refractivity contribution in [3.8, 4) is 6.07 Å². The van der Waals surface area contributed by atoms with Crippen molar-refractivity contribution in [1.82, 2.24) is 9.13 Å². The van der Waals surface area contributed by atoms with Gasteiger partial charge in [-0.25, -0.2) is 9.36 Å². The summed E-state index contributed by atoms with van der Waals surface area (Å²) in [6.07, 6.45) is 2.14. The second-order valence-corrected chi connectivity index (χ2v) is 5.96. The molecule has 0 spiro atoms. The lowest BCUT2D eigenvalue weighted by Crippen LogP contribution is -2.44. The van der Waals surface area contributed by atoms with Crippen molar-refractivity contribution < 1.29 is 4.79 Å². The van der Waals surface area contributed by atoms with Crippen LogP contribution in [0.5, 0.6) is 0 Å². The zero-order valence-corrected chi connectivity index (χ0v) is 13.9. The average Bonchev–Trinajstić information content (AvgIpc) is 3.09. The quantitative estimate of drug-likeness (QED) is 0.900. The fourth-order valence-corrected chi connectivity index (χ4v) is 3.06. The minimum Gasteiger partial charge on any atom is -0.325 e. The standard InChI is InChI=1S/C18H18N4O3/c1-2-12-5-7-13(8-6-12)20-16(23)11-22-17(24)14(10-19)15-4-3-9-21(15)18(22)25/h5-8H,2-4,9,11H2,1H3,(H,20,23). The maximum Gasteiger partial charge on any atom is 0.331 e. The summed E-state index contributed by atoms with van der Waals surface area (Å²) in [5.74, 6) is -0.481. The number of carbonyl (C=O) groups is 1. The molecular formula is C18H18N4O3. The number of aromatic nitrogens is 2. The Balaban J connectivity index is 1.88. The highest BCUT2D eigenvalue weighted by atomic mass is 16.2. The second kappa shape index (κ2) is 6.77. The molecule has 1 aromatic heterocycles. The number of nitrogens with zero attached hydrogens (tertiary/aromatic N) is 3. The first kappa shape index (κ1) is 16.7. The van der Waals surface area contributed by atoms with Gasteiger partial charge < -0.3 is 5.32 Å². The summed E-state index contributed by atoms with van der Waals surface area (Å²) in [5.41, 5.74) is 0.938. The molecule has 0 bridgehead atoms. The van der Waals surface area contributed by atoms with Crippen LogP contribution in [0.1, 0.15) is 30.2 Å². The largest absolute Gasteiger partial charge is 0.331 e. The van der Waals surface area contributed by atoms with E-state index in [9.17, 15) is 19.6 Å². The molecule has 0 radical (unpaired) electrons. The number of benzene rings is 1. The van der Waals surface area contributed by atoms with Gasteiger partial charge in [-0.15, -0.1) is 0 Å². The number of hydrogen-bond acceptors (Lipinski definition) is 4. The van der Waals surface area contributed by atoms with Gasteiger partial charge in [-0.2, -0.15) is 5.26 Å². The van der Waals surface area contributed by atoms with Crippen LogP contribution in [0.4, 0.5) is 5.69 Å². The highest BCUT2D eigenvalue weighted by Gasteiger charge is 2.23. The van der Waals surface area contributed by atoms with E-state index in [-0.39, 0.29) is 5.56 Å². The van der Waals surface area contributed by atoms with Crippen LogP contribution in [-0.4, -0.2) is 15.0 Å². The molecule has 0 atom stereocenters. The number of fused-ring (bicyclic) bond motifs is 1. The smallest absolute Gasteiger partial charge is 0.325 e. The molecule has 0 unspecified atom stereocenters. The molecule has 1 aromatic carbocycles. The third-order valence-corrected chi connectivity index (χ3v) is 4.39. The van der Waals surface area contributed by atoms with E-state index in [2.05, 4.69) is 5.32 Å². The Hall–Kier alpha value is -3.14. The van der Waals surface area contributed by atoms with Crippen LogP contribution in [0.25, 0.3) is 0 Å². The summed E-state index contributed by atoms with van der Waals surface area (Å²) in [4.78, 5) is 37.1.